The standard InChI is InChI=1S/C18H20ClN5O3S/c1-18(2,3)28-16-8-7-14-21-23(17(26)24(14)22-16)10-15(25)20-11-5-6-13(27-4)12(19)9-11/h5-9H,10H2,1-4H3,(H,20,25). The van der Waals surface area contributed by atoms with Gasteiger partial charge < -0.3 is 10.1 Å². The average molecular weight is 422 g/mol. The van der Waals surface area contributed by atoms with Crippen LogP contribution >= 0.6 is 23.4 Å². The van der Waals surface area contributed by atoms with E-state index in [1.54, 1.807) is 42.1 Å². The van der Waals surface area contributed by atoms with Crippen molar-refractivity contribution in [2.75, 3.05) is 12.4 Å². The lowest BCUT2D eigenvalue weighted by Crippen LogP contribution is -2.29. The van der Waals surface area contributed by atoms with Crippen molar-refractivity contribution in [1.82, 2.24) is 19.4 Å². The molecule has 0 radical (unpaired) electrons. The maximum Gasteiger partial charge on any atom is 0.367 e. The zero-order valence-electron chi connectivity index (χ0n) is 15.9. The van der Waals surface area contributed by atoms with Crippen LogP contribution in [0.4, 0.5) is 5.69 Å². The number of nitrogens with one attached hydrogen (secondary N) is 1. The van der Waals surface area contributed by atoms with Gasteiger partial charge in [-0.1, -0.05) is 44.1 Å². The van der Waals surface area contributed by atoms with Gasteiger partial charge in [0.15, 0.2) is 5.65 Å². The van der Waals surface area contributed by atoms with Gasteiger partial charge >= 0.3 is 5.69 Å². The van der Waals surface area contributed by atoms with Gasteiger partial charge in [0.1, 0.15) is 17.3 Å². The number of hydrogen-bond donors (Lipinski definition) is 1. The number of ether oxygens (including phenoxy) is 1. The number of halogens is 1. The van der Waals surface area contributed by atoms with E-state index < -0.39 is 11.6 Å². The molecule has 10 heteroatoms. The minimum absolute atomic E-state index is 0.0419. The summed E-state index contributed by atoms with van der Waals surface area (Å²) in [7, 11) is 1.51. The fourth-order valence-corrected chi connectivity index (χ4v) is 3.59. The number of thioether (sulfide) groups is 1. The molecule has 0 aliphatic carbocycles. The first-order valence-corrected chi connectivity index (χ1v) is 9.65. The van der Waals surface area contributed by atoms with Gasteiger partial charge in [-0.15, -0.1) is 5.10 Å². The molecule has 2 heterocycles. The summed E-state index contributed by atoms with van der Waals surface area (Å²) in [5.74, 6) is 0.0993. The molecule has 0 unspecified atom stereocenters. The molecule has 0 aliphatic rings. The predicted molar refractivity (Wildman–Crippen MR) is 109 cm³/mol. The molecule has 0 bridgehead atoms. The molecule has 2 aromatic heterocycles. The Kier molecular flexibility index (Phi) is 5.66. The Morgan fingerprint density at radius 2 is 2.00 bits per heavy atom. The van der Waals surface area contributed by atoms with E-state index in [0.29, 0.717) is 27.1 Å². The van der Waals surface area contributed by atoms with Crippen LogP contribution in [0.3, 0.4) is 0 Å². The van der Waals surface area contributed by atoms with Crippen LogP contribution in [0, 0.1) is 0 Å². The maximum atomic E-state index is 12.5. The molecule has 0 aliphatic heterocycles. The Morgan fingerprint density at radius 1 is 1.25 bits per heavy atom. The van der Waals surface area contributed by atoms with E-state index in [-0.39, 0.29) is 11.3 Å². The van der Waals surface area contributed by atoms with Crippen molar-refractivity contribution < 1.29 is 9.53 Å². The van der Waals surface area contributed by atoms with Crippen LogP contribution in [0.15, 0.2) is 40.2 Å². The Bertz CT molecular complexity index is 1090. The van der Waals surface area contributed by atoms with Crippen LogP contribution in [-0.4, -0.2) is 37.2 Å². The summed E-state index contributed by atoms with van der Waals surface area (Å²) in [4.78, 5) is 24.9. The first-order chi connectivity index (χ1) is 13.2. The molecule has 28 heavy (non-hydrogen) atoms. The van der Waals surface area contributed by atoms with Crippen LogP contribution in [-0.2, 0) is 11.3 Å². The Hall–Kier alpha value is -2.52. The summed E-state index contributed by atoms with van der Waals surface area (Å²) >= 11 is 7.60. The third-order valence-corrected chi connectivity index (χ3v) is 4.89. The van der Waals surface area contributed by atoms with Crippen molar-refractivity contribution in [3.05, 3.63) is 45.8 Å². The summed E-state index contributed by atoms with van der Waals surface area (Å²) in [6.07, 6.45) is 0. The zero-order valence-corrected chi connectivity index (χ0v) is 17.5. The zero-order chi connectivity index (χ0) is 20.5. The number of nitrogens with zero attached hydrogens (tertiary/aromatic N) is 4. The minimum atomic E-state index is -0.478. The summed E-state index contributed by atoms with van der Waals surface area (Å²) in [5.41, 5.74) is 0.396. The SMILES string of the molecule is COc1ccc(NC(=O)Cn2nc3ccc(SC(C)(C)C)nn3c2=O)cc1Cl. The highest BCUT2D eigenvalue weighted by Gasteiger charge is 2.16. The molecule has 8 nitrogen and oxygen atoms in total. The van der Waals surface area contributed by atoms with Gasteiger partial charge in [-0.3, -0.25) is 4.79 Å². The van der Waals surface area contributed by atoms with E-state index in [1.165, 1.54) is 11.6 Å². The largest absolute Gasteiger partial charge is 0.495 e. The lowest BCUT2D eigenvalue weighted by atomic mass is 10.3. The van der Waals surface area contributed by atoms with Crippen LogP contribution < -0.4 is 15.7 Å². The molecule has 3 aromatic rings. The molecule has 3 rings (SSSR count). The molecule has 0 atom stereocenters. The number of amides is 1. The van der Waals surface area contributed by atoms with Crippen molar-refractivity contribution in [1.29, 1.82) is 0 Å². The van der Waals surface area contributed by atoms with E-state index in [0.717, 1.165) is 4.68 Å². The Balaban J connectivity index is 1.78. The van der Waals surface area contributed by atoms with Gasteiger partial charge in [-0.05, 0) is 30.3 Å². The van der Waals surface area contributed by atoms with Crippen molar-refractivity contribution in [3.63, 3.8) is 0 Å². The fraction of sp³-hybridized carbons (Fsp3) is 0.333. The molecule has 1 aromatic carbocycles. The van der Waals surface area contributed by atoms with Gasteiger partial charge in [0.2, 0.25) is 5.91 Å². The monoisotopic (exact) mass is 421 g/mol. The lowest BCUT2D eigenvalue weighted by Gasteiger charge is -2.16. The van der Waals surface area contributed by atoms with Gasteiger partial charge in [0.25, 0.3) is 0 Å². The highest BCUT2D eigenvalue weighted by molar-refractivity contribution is 8.00. The van der Waals surface area contributed by atoms with Crippen LogP contribution in [0.1, 0.15) is 20.8 Å². The van der Waals surface area contributed by atoms with Crippen molar-refractivity contribution in [2.45, 2.75) is 37.1 Å². The van der Waals surface area contributed by atoms with Gasteiger partial charge in [-0.2, -0.15) is 9.61 Å². The van der Waals surface area contributed by atoms with Crippen LogP contribution in [0.5, 0.6) is 5.75 Å². The third kappa shape index (κ3) is 4.66. The van der Waals surface area contributed by atoms with E-state index in [9.17, 15) is 9.59 Å². The fourth-order valence-electron chi connectivity index (χ4n) is 2.44. The quantitative estimate of drug-likeness (QED) is 0.636. The van der Waals surface area contributed by atoms with E-state index in [1.807, 2.05) is 0 Å². The summed E-state index contributed by atoms with van der Waals surface area (Å²) in [6.45, 7) is 5.94. The summed E-state index contributed by atoms with van der Waals surface area (Å²) < 4.78 is 7.31. The topological polar surface area (TPSA) is 90.5 Å². The van der Waals surface area contributed by atoms with Crippen molar-refractivity contribution >= 4 is 40.6 Å². The second-order valence-corrected chi connectivity index (χ2v) is 9.25. The molecule has 0 saturated heterocycles. The maximum absolute atomic E-state index is 12.5. The van der Waals surface area contributed by atoms with E-state index in [4.69, 9.17) is 16.3 Å². The molecule has 0 spiro atoms. The second kappa shape index (κ2) is 7.84. The highest BCUT2D eigenvalue weighted by Crippen LogP contribution is 2.30. The van der Waals surface area contributed by atoms with Crippen LogP contribution in [0.2, 0.25) is 5.02 Å². The van der Waals surface area contributed by atoms with E-state index >= 15 is 0 Å². The minimum Gasteiger partial charge on any atom is -0.495 e. The van der Waals surface area contributed by atoms with Crippen molar-refractivity contribution in [2.24, 2.45) is 0 Å². The molecule has 148 valence electrons. The summed E-state index contributed by atoms with van der Waals surface area (Å²) in [6, 6.07) is 8.39. The Morgan fingerprint density at radius 3 is 2.64 bits per heavy atom. The van der Waals surface area contributed by atoms with Gasteiger partial charge in [0, 0.05) is 10.4 Å². The highest BCUT2D eigenvalue weighted by atomic mass is 35.5. The lowest BCUT2D eigenvalue weighted by molar-refractivity contribution is -0.117. The van der Waals surface area contributed by atoms with Gasteiger partial charge in [-0.25, -0.2) is 9.48 Å². The second-order valence-electron chi connectivity index (χ2n) is 6.99. The number of anilines is 1. The number of benzene rings is 1. The number of rotatable bonds is 5. The number of hydrogen-bond acceptors (Lipinski definition) is 6. The number of methoxy groups -OCH3 is 1. The predicted octanol–water partition coefficient (Wildman–Crippen LogP) is 3.08. The van der Waals surface area contributed by atoms with Gasteiger partial charge in [0.05, 0.1) is 12.1 Å². The van der Waals surface area contributed by atoms with Crippen molar-refractivity contribution in [3.8, 4) is 5.75 Å². The number of carbonyl (C=O) groups excluding carboxylic acids is 1. The normalized spacial score (nSPS) is 11.6. The molecule has 0 fully saturated rings. The molecule has 1 amide bonds. The third-order valence-electron chi connectivity index (χ3n) is 3.56. The number of carbonyl (C=O) groups is 1. The number of fused-ring (bicyclic) bond motifs is 1. The molecular formula is C18H20ClN5O3S. The molecule has 1 N–H and O–H groups in total. The number of aromatic nitrogens is 4. The average Bonchev–Trinajstić information content (AvgIpc) is 2.89. The Labute approximate surface area is 170 Å². The van der Waals surface area contributed by atoms with E-state index in [2.05, 4.69) is 36.3 Å². The summed E-state index contributed by atoms with van der Waals surface area (Å²) in [5, 5.41) is 12.3. The first kappa shape index (κ1) is 20.2. The molecular weight excluding hydrogens is 402 g/mol. The smallest absolute Gasteiger partial charge is 0.367 e. The van der Waals surface area contributed by atoms with Crippen LogP contribution in [0.25, 0.3) is 5.65 Å². The molecule has 0 saturated carbocycles. The first-order valence-electron chi connectivity index (χ1n) is 8.45.